The lowest BCUT2D eigenvalue weighted by Gasteiger charge is -2.16. The minimum absolute atomic E-state index is 0.0255. The maximum atomic E-state index is 10.8. The molecule has 2 unspecified atom stereocenters. The SMILES string of the molecule is COc1ccc([N+](=O)[O-])c(C(O)C(O)CCl)c1. The van der Waals surface area contributed by atoms with E-state index in [2.05, 4.69) is 0 Å². The van der Waals surface area contributed by atoms with Crippen molar-refractivity contribution in [2.75, 3.05) is 13.0 Å². The van der Waals surface area contributed by atoms with Gasteiger partial charge in [-0.15, -0.1) is 11.6 Å². The van der Waals surface area contributed by atoms with E-state index < -0.39 is 17.1 Å². The van der Waals surface area contributed by atoms with Crippen molar-refractivity contribution in [3.8, 4) is 5.75 Å². The van der Waals surface area contributed by atoms with Gasteiger partial charge in [0.15, 0.2) is 0 Å². The number of rotatable bonds is 5. The van der Waals surface area contributed by atoms with Crippen molar-refractivity contribution in [1.82, 2.24) is 0 Å². The summed E-state index contributed by atoms with van der Waals surface area (Å²) in [5.41, 5.74) is -0.315. The first-order valence-corrected chi connectivity index (χ1v) is 5.29. The van der Waals surface area contributed by atoms with Gasteiger partial charge in [-0.2, -0.15) is 0 Å². The highest BCUT2D eigenvalue weighted by Crippen LogP contribution is 2.31. The summed E-state index contributed by atoms with van der Waals surface area (Å²) in [6.07, 6.45) is -2.70. The maximum absolute atomic E-state index is 10.8. The van der Waals surface area contributed by atoms with Crippen molar-refractivity contribution >= 4 is 17.3 Å². The number of nitrogens with zero attached hydrogens (tertiary/aromatic N) is 1. The van der Waals surface area contributed by atoms with E-state index in [0.717, 1.165) is 0 Å². The number of halogens is 1. The Morgan fingerprint density at radius 2 is 2.18 bits per heavy atom. The van der Waals surface area contributed by atoms with Gasteiger partial charge in [0.25, 0.3) is 5.69 Å². The number of methoxy groups -OCH3 is 1. The molecule has 6 nitrogen and oxygen atoms in total. The molecule has 0 saturated carbocycles. The Morgan fingerprint density at radius 1 is 1.53 bits per heavy atom. The monoisotopic (exact) mass is 261 g/mol. The van der Waals surface area contributed by atoms with Gasteiger partial charge in [-0.3, -0.25) is 10.1 Å². The van der Waals surface area contributed by atoms with E-state index in [1.54, 1.807) is 0 Å². The molecule has 0 bridgehead atoms. The van der Waals surface area contributed by atoms with Crippen LogP contribution in [0.1, 0.15) is 11.7 Å². The lowest BCUT2D eigenvalue weighted by atomic mass is 10.0. The van der Waals surface area contributed by atoms with E-state index in [1.807, 2.05) is 0 Å². The highest BCUT2D eigenvalue weighted by molar-refractivity contribution is 6.18. The van der Waals surface area contributed by atoms with Crippen molar-refractivity contribution in [3.05, 3.63) is 33.9 Å². The van der Waals surface area contributed by atoms with Crippen LogP contribution in [0.5, 0.6) is 5.75 Å². The molecule has 0 heterocycles. The average molecular weight is 262 g/mol. The summed E-state index contributed by atoms with van der Waals surface area (Å²) < 4.78 is 4.90. The Labute approximate surface area is 103 Å². The first-order valence-electron chi connectivity index (χ1n) is 4.75. The van der Waals surface area contributed by atoms with Crippen LogP contribution in [0.2, 0.25) is 0 Å². The molecule has 1 aromatic carbocycles. The van der Waals surface area contributed by atoms with Crippen molar-refractivity contribution < 1.29 is 19.9 Å². The van der Waals surface area contributed by atoms with E-state index in [9.17, 15) is 20.3 Å². The summed E-state index contributed by atoms with van der Waals surface area (Å²) in [6, 6.07) is 3.92. The van der Waals surface area contributed by atoms with Gasteiger partial charge in [0.2, 0.25) is 0 Å². The van der Waals surface area contributed by atoms with E-state index in [0.29, 0.717) is 5.75 Å². The zero-order valence-electron chi connectivity index (χ0n) is 9.04. The number of aliphatic hydroxyl groups is 2. The Bertz CT molecular complexity index is 412. The quantitative estimate of drug-likeness (QED) is 0.472. The summed E-state index contributed by atoms with van der Waals surface area (Å²) in [4.78, 5) is 10.1. The smallest absolute Gasteiger partial charge is 0.275 e. The van der Waals surface area contributed by atoms with Crippen LogP contribution in [0.25, 0.3) is 0 Å². The topological polar surface area (TPSA) is 92.8 Å². The molecule has 17 heavy (non-hydrogen) atoms. The third-order valence-electron chi connectivity index (χ3n) is 2.27. The zero-order valence-corrected chi connectivity index (χ0v) is 9.79. The maximum Gasteiger partial charge on any atom is 0.275 e. The van der Waals surface area contributed by atoms with Gasteiger partial charge in [0, 0.05) is 6.07 Å². The number of nitro groups is 1. The number of benzene rings is 1. The summed E-state index contributed by atoms with van der Waals surface area (Å²) in [5, 5.41) is 29.9. The minimum Gasteiger partial charge on any atom is -0.497 e. The highest BCUT2D eigenvalue weighted by Gasteiger charge is 2.26. The molecule has 1 rings (SSSR count). The molecule has 0 saturated heterocycles. The first kappa shape index (κ1) is 13.7. The van der Waals surface area contributed by atoms with Crippen LogP contribution in [-0.4, -0.2) is 34.2 Å². The Hall–Kier alpha value is -1.37. The van der Waals surface area contributed by atoms with Crippen LogP contribution in [-0.2, 0) is 0 Å². The molecule has 0 fully saturated rings. The van der Waals surface area contributed by atoms with Crippen LogP contribution in [0.4, 0.5) is 5.69 Å². The number of nitro benzene ring substituents is 1. The summed E-state index contributed by atoms with van der Waals surface area (Å²) in [7, 11) is 1.40. The van der Waals surface area contributed by atoms with Crippen molar-refractivity contribution in [1.29, 1.82) is 0 Å². The second-order valence-corrected chi connectivity index (χ2v) is 3.66. The van der Waals surface area contributed by atoms with Crippen LogP contribution in [0.3, 0.4) is 0 Å². The van der Waals surface area contributed by atoms with Gasteiger partial charge in [0.1, 0.15) is 11.9 Å². The van der Waals surface area contributed by atoms with Crippen LogP contribution < -0.4 is 4.74 Å². The van der Waals surface area contributed by atoms with Gasteiger partial charge in [-0.25, -0.2) is 0 Å². The number of aliphatic hydroxyl groups excluding tert-OH is 2. The summed E-state index contributed by atoms with van der Waals surface area (Å²) in [5.74, 6) is 0.127. The molecule has 94 valence electrons. The second-order valence-electron chi connectivity index (χ2n) is 3.35. The Kier molecular flexibility index (Phi) is 4.68. The summed E-state index contributed by atoms with van der Waals surface area (Å²) >= 11 is 5.39. The largest absolute Gasteiger partial charge is 0.497 e. The molecular formula is C10H12ClNO5. The molecule has 2 atom stereocenters. The molecule has 0 aliphatic carbocycles. The van der Waals surface area contributed by atoms with E-state index in [-0.39, 0.29) is 17.1 Å². The molecule has 2 N–H and O–H groups in total. The van der Waals surface area contributed by atoms with Crippen LogP contribution >= 0.6 is 11.6 Å². The lowest BCUT2D eigenvalue weighted by molar-refractivity contribution is -0.386. The Balaban J connectivity index is 3.21. The first-order chi connectivity index (χ1) is 8.01. The molecule has 0 aromatic heterocycles. The zero-order chi connectivity index (χ0) is 13.0. The second kappa shape index (κ2) is 5.81. The minimum atomic E-state index is -1.43. The standard InChI is InChI=1S/C10H12ClNO5/c1-17-6-2-3-8(12(15)16)7(4-6)10(14)9(13)5-11/h2-4,9-10,13-14H,5H2,1H3. The van der Waals surface area contributed by atoms with Gasteiger partial charge in [-0.05, 0) is 12.1 Å². The lowest BCUT2D eigenvalue weighted by Crippen LogP contribution is -2.20. The fourth-order valence-electron chi connectivity index (χ4n) is 1.35. The third-order valence-corrected chi connectivity index (χ3v) is 2.59. The predicted octanol–water partition coefficient (Wildman–Crippen LogP) is 1.24. The molecule has 1 aromatic rings. The van der Waals surface area contributed by atoms with Crippen molar-refractivity contribution in [2.45, 2.75) is 12.2 Å². The van der Waals surface area contributed by atoms with E-state index in [4.69, 9.17) is 16.3 Å². The van der Waals surface area contributed by atoms with Crippen LogP contribution in [0, 0.1) is 10.1 Å². The summed E-state index contributed by atoms with van der Waals surface area (Å²) in [6.45, 7) is 0. The molecule has 0 amide bonds. The van der Waals surface area contributed by atoms with E-state index >= 15 is 0 Å². The number of hydrogen-bond donors (Lipinski definition) is 2. The Morgan fingerprint density at radius 3 is 2.65 bits per heavy atom. The number of alkyl halides is 1. The van der Waals surface area contributed by atoms with Crippen molar-refractivity contribution in [3.63, 3.8) is 0 Å². The molecular weight excluding hydrogens is 250 g/mol. The number of ether oxygens (including phenoxy) is 1. The number of hydrogen-bond acceptors (Lipinski definition) is 5. The fraction of sp³-hybridized carbons (Fsp3) is 0.400. The molecule has 0 radical (unpaired) electrons. The normalized spacial score (nSPS) is 14.1. The fourth-order valence-corrected chi connectivity index (χ4v) is 1.52. The van der Waals surface area contributed by atoms with Gasteiger partial charge in [-0.1, -0.05) is 0 Å². The van der Waals surface area contributed by atoms with Gasteiger partial charge < -0.3 is 14.9 Å². The molecule has 7 heteroatoms. The molecule has 0 aliphatic rings. The van der Waals surface area contributed by atoms with Gasteiger partial charge in [0.05, 0.1) is 29.6 Å². The van der Waals surface area contributed by atoms with Gasteiger partial charge >= 0.3 is 0 Å². The van der Waals surface area contributed by atoms with Crippen molar-refractivity contribution in [2.24, 2.45) is 0 Å². The highest BCUT2D eigenvalue weighted by atomic mass is 35.5. The molecule has 0 spiro atoms. The third kappa shape index (κ3) is 3.06. The molecule has 0 aliphatic heterocycles. The average Bonchev–Trinajstić information content (AvgIpc) is 2.35. The van der Waals surface area contributed by atoms with E-state index in [1.165, 1.54) is 25.3 Å². The van der Waals surface area contributed by atoms with Crippen LogP contribution in [0.15, 0.2) is 18.2 Å². The predicted molar refractivity (Wildman–Crippen MR) is 61.3 cm³/mol.